The molecule has 0 aliphatic carbocycles. The minimum absolute atomic E-state index is 0.0682. The first-order valence-electron chi connectivity index (χ1n) is 9.83. The molecule has 0 bridgehead atoms. The number of hydrogen-bond donors (Lipinski definition) is 1. The van der Waals surface area contributed by atoms with Crippen molar-refractivity contribution >= 4 is 11.7 Å². The summed E-state index contributed by atoms with van der Waals surface area (Å²) in [6.45, 7) is 4.47. The molecule has 0 aliphatic rings. The van der Waals surface area contributed by atoms with Crippen molar-refractivity contribution in [3.05, 3.63) is 53.6 Å². The smallest absolute Gasteiger partial charge is 0.258 e. The molecule has 0 fully saturated rings. The number of ether oxygens (including phenoxy) is 4. The van der Waals surface area contributed by atoms with Crippen molar-refractivity contribution in [3.8, 4) is 17.2 Å². The van der Waals surface area contributed by atoms with Crippen LogP contribution in [-0.4, -0.2) is 45.7 Å². The summed E-state index contributed by atoms with van der Waals surface area (Å²) in [5.41, 5.74) is 1.51. The molecule has 0 heterocycles. The molecule has 7 heteroatoms. The van der Waals surface area contributed by atoms with Crippen LogP contribution in [0, 0.1) is 0 Å². The maximum absolute atomic E-state index is 12.3. The summed E-state index contributed by atoms with van der Waals surface area (Å²) in [5, 5.41) is 2.89. The van der Waals surface area contributed by atoms with Gasteiger partial charge in [0.05, 0.1) is 19.8 Å². The van der Waals surface area contributed by atoms with E-state index < -0.39 is 0 Å². The molecule has 0 spiro atoms. The number of hydrogen-bond acceptors (Lipinski definition) is 6. The van der Waals surface area contributed by atoms with Gasteiger partial charge in [0.1, 0.15) is 12.4 Å². The lowest BCUT2D eigenvalue weighted by Gasteiger charge is -2.17. The van der Waals surface area contributed by atoms with Crippen LogP contribution >= 0.6 is 0 Å². The Morgan fingerprint density at radius 3 is 2.33 bits per heavy atom. The zero-order chi connectivity index (χ0) is 21.9. The molecule has 0 aliphatic heterocycles. The molecule has 1 N–H and O–H groups in total. The molecule has 0 aromatic heterocycles. The van der Waals surface area contributed by atoms with Crippen LogP contribution in [0.3, 0.4) is 0 Å². The lowest BCUT2D eigenvalue weighted by molar-refractivity contribution is -0.123. The molecule has 1 amide bonds. The van der Waals surface area contributed by atoms with Crippen LogP contribution in [0.4, 0.5) is 0 Å². The average Bonchev–Trinajstić information content (AvgIpc) is 2.77. The van der Waals surface area contributed by atoms with E-state index in [0.29, 0.717) is 42.4 Å². The van der Waals surface area contributed by atoms with Crippen LogP contribution < -0.4 is 19.5 Å². The van der Waals surface area contributed by atoms with Crippen molar-refractivity contribution < 1.29 is 28.5 Å². The summed E-state index contributed by atoms with van der Waals surface area (Å²) < 4.78 is 21.5. The Balaban J connectivity index is 1.89. The predicted octanol–water partition coefficient (Wildman–Crippen LogP) is 3.57. The second-order valence-electron chi connectivity index (χ2n) is 6.63. The van der Waals surface area contributed by atoms with Crippen molar-refractivity contribution in [1.82, 2.24) is 5.32 Å². The van der Waals surface area contributed by atoms with E-state index in [1.54, 1.807) is 38.5 Å². The zero-order valence-electron chi connectivity index (χ0n) is 17.9. The minimum atomic E-state index is -0.254. The van der Waals surface area contributed by atoms with E-state index in [4.69, 9.17) is 18.9 Å². The minimum Gasteiger partial charge on any atom is -0.493 e. The summed E-state index contributed by atoms with van der Waals surface area (Å²) in [7, 11) is 3.18. The Morgan fingerprint density at radius 2 is 1.70 bits per heavy atom. The number of carbonyl (C=O) groups is 2. The van der Waals surface area contributed by atoms with Crippen molar-refractivity contribution in [1.29, 1.82) is 0 Å². The van der Waals surface area contributed by atoms with Crippen molar-refractivity contribution in [2.45, 2.75) is 26.3 Å². The van der Waals surface area contributed by atoms with Gasteiger partial charge in [-0.2, -0.15) is 0 Å². The largest absolute Gasteiger partial charge is 0.493 e. The molecule has 1 atom stereocenters. The maximum Gasteiger partial charge on any atom is 0.258 e. The number of benzene rings is 2. The molecule has 162 valence electrons. The second kappa shape index (κ2) is 11.8. The lowest BCUT2D eigenvalue weighted by atomic mass is 10.1. The third-order valence-corrected chi connectivity index (χ3v) is 4.48. The second-order valence-corrected chi connectivity index (χ2v) is 6.63. The van der Waals surface area contributed by atoms with Gasteiger partial charge in [-0.3, -0.25) is 9.59 Å². The molecule has 2 rings (SSSR count). The lowest BCUT2D eigenvalue weighted by Crippen LogP contribution is -2.31. The molecule has 0 saturated carbocycles. The third kappa shape index (κ3) is 6.77. The van der Waals surface area contributed by atoms with Crippen LogP contribution in [0.25, 0.3) is 0 Å². The Hall–Kier alpha value is -3.06. The van der Waals surface area contributed by atoms with Crippen LogP contribution in [0.1, 0.15) is 42.2 Å². The topological polar surface area (TPSA) is 83.1 Å². The zero-order valence-corrected chi connectivity index (χ0v) is 17.9. The van der Waals surface area contributed by atoms with Gasteiger partial charge in [0.15, 0.2) is 23.9 Å². The maximum atomic E-state index is 12.3. The average molecular weight is 415 g/mol. The van der Waals surface area contributed by atoms with Gasteiger partial charge in [0.2, 0.25) is 0 Å². The van der Waals surface area contributed by atoms with E-state index in [0.717, 1.165) is 5.56 Å². The standard InChI is InChI=1S/C23H29NO6/c1-5-20(25)17-6-9-19(10-7-17)30-15-23(26)24-16(2)18-8-11-21(22(14-18)28-4)29-13-12-27-3/h6-11,14,16H,5,12-13,15H2,1-4H3,(H,24,26). The molecule has 2 aromatic carbocycles. The highest BCUT2D eigenvalue weighted by Gasteiger charge is 2.14. The molecule has 30 heavy (non-hydrogen) atoms. The molecular formula is C23H29NO6. The van der Waals surface area contributed by atoms with Crippen LogP contribution in [0.2, 0.25) is 0 Å². The Kier molecular flexibility index (Phi) is 9.15. The number of carbonyl (C=O) groups excluding carboxylic acids is 2. The fourth-order valence-corrected chi connectivity index (χ4v) is 2.76. The van der Waals surface area contributed by atoms with Gasteiger partial charge >= 0.3 is 0 Å². The van der Waals surface area contributed by atoms with Crippen molar-refractivity contribution in [2.75, 3.05) is 34.0 Å². The molecular weight excluding hydrogens is 386 g/mol. The first kappa shape index (κ1) is 23.2. The summed E-state index contributed by atoms with van der Waals surface area (Å²) in [6.07, 6.45) is 0.450. The number of Topliss-reactive ketones (excluding diaryl/α,β-unsaturated/α-hetero) is 1. The van der Waals surface area contributed by atoms with Crippen LogP contribution in [-0.2, 0) is 9.53 Å². The fraction of sp³-hybridized carbons (Fsp3) is 0.391. The quantitative estimate of drug-likeness (QED) is 0.422. The fourth-order valence-electron chi connectivity index (χ4n) is 2.76. The van der Waals surface area contributed by atoms with Crippen LogP contribution in [0.5, 0.6) is 17.2 Å². The number of nitrogens with one attached hydrogen (secondary N) is 1. The number of rotatable bonds is 12. The van der Waals surface area contributed by atoms with Crippen LogP contribution in [0.15, 0.2) is 42.5 Å². The van der Waals surface area contributed by atoms with Gasteiger partial charge in [-0.25, -0.2) is 0 Å². The number of amides is 1. The highest BCUT2D eigenvalue weighted by molar-refractivity contribution is 5.95. The van der Waals surface area contributed by atoms with Gasteiger partial charge in [0, 0.05) is 19.1 Å². The van der Waals surface area contributed by atoms with Gasteiger partial charge < -0.3 is 24.3 Å². The summed E-state index contributed by atoms with van der Waals surface area (Å²) in [4.78, 5) is 23.9. The molecule has 1 unspecified atom stereocenters. The summed E-state index contributed by atoms with van der Waals surface area (Å²) >= 11 is 0. The molecule has 0 saturated heterocycles. The van der Waals surface area contributed by atoms with E-state index >= 15 is 0 Å². The molecule has 0 radical (unpaired) electrons. The van der Waals surface area contributed by atoms with Crippen molar-refractivity contribution in [2.24, 2.45) is 0 Å². The van der Waals surface area contributed by atoms with E-state index in [-0.39, 0.29) is 24.3 Å². The van der Waals surface area contributed by atoms with Gasteiger partial charge in [-0.15, -0.1) is 0 Å². The van der Waals surface area contributed by atoms with E-state index in [9.17, 15) is 9.59 Å². The molecule has 2 aromatic rings. The van der Waals surface area contributed by atoms with Gasteiger partial charge in [0.25, 0.3) is 5.91 Å². The Bertz CT molecular complexity index is 834. The van der Waals surface area contributed by atoms with Gasteiger partial charge in [-0.05, 0) is 48.9 Å². The Morgan fingerprint density at radius 1 is 0.967 bits per heavy atom. The molecule has 7 nitrogen and oxygen atoms in total. The third-order valence-electron chi connectivity index (χ3n) is 4.48. The predicted molar refractivity (Wildman–Crippen MR) is 113 cm³/mol. The normalized spacial score (nSPS) is 11.5. The summed E-state index contributed by atoms with van der Waals surface area (Å²) in [5.74, 6) is 1.55. The van der Waals surface area contributed by atoms with E-state index in [2.05, 4.69) is 5.32 Å². The number of ketones is 1. The summed E-state index contributed by atoms with van der Waals surface area (Å²) in [6, 6.07) is 12.0. The van der Waals surface area contributed by atoms with Crippen molar-refractivity contribution in [3.63, 3.8) is 0 Å². The van der Waals surface area contributed by atoms with E-state index in [1.807, 2.05) is 32.0 Å². The highest BCUT2D eigenvalue weighted by Crippen LogP contribution is 2.30. The first-order valence-corrected chi connectivity index (χ1v) is 9.83. The SMILES string of the molecule is CCC(=O)c1ccc(OCC(=O)NC(C)c2ccc(OCCOC)c(OC)c2)cc1. The van der Waals surface area contributed by atoms with E-state index in [1.165, 1.54) is 0 Å². The number of methoxy groups -OCH3 is 2. The van der Waals surface area contributed by atoms with Gasteiger partial charge in [-0.1, -0.05) is 13.0 Å². The first-order chi connectivity index (χ1) is 14.5. The highest BCUT2D eigenvalue weighted by atomic mass is 16.5. The monoisotopic (exact) mass is 415 g/mol. The Labute approximate surface area is 177 Å².